The predicted octanol–water partition coefficient (Wildman–Crippen LogP) is 3.00. The van der Waals surface area contributed by atoms with Gasteiger partial charge in [-0.3, -0.25) is 14.5 Å². The van der Waals surface area contributed by atoms with Crippen LogP contribution in [0.5, 0.6) is 11.5 Å². The molecule has 0 spiro atoms. The molecule has 1 saturated heterocycles. The lowest BCUT2D eigenvalue weighted by Gasteiger charge is -2.18. The van der Waals surface area contributed by atoms with Crippen LogP contribution < -0.4 is 9.47 Å². The normalized spacial score (nSPS) is 15.9. The number of rotatable bonds is 8. The molecule has 11 heteroatoms. The summed E-state index contributed by atoms with van der Waals surface area (Å²) in [6.45, 7) is 3.05. The first-order valence-corrected chi connectivity index (χ1v) is 10.3. The summed E-state index contributed by atoms with van der Waals surface area (Å²) in [4.78, 5) is 49.1. The Morgan fingerprint density at radius 1 is 1.27 bits per heavy atom. The highest BCUT2D eigenvalue weighted by atomic mass is 79.9. The van der Waals surface area contributed by atoms with Crippen LogP contribution in [0.15, 0.2) is 21.5 Å². The highest BCUT2D eigenvalue weighted by molar-refractivity contribution is 9.10. The average molecular weight is 502 g/mol. The molecule has 0 unspecified atom stereocenters. The van der Waals surface area contributed by atoms with Crippen LogP contribution >= 0.6 is 27.7 Å². The van der Waals surface area contributed by atoms with E-state index in [0.29, 0.717) is 15.8 Å². The fourth-order valence-corrected chi connectivity index (χ4v) is 4.02. The quantitative estimate of drug-likeness (QED) is 0.392. The summed E-state index contributed by atoms with van der Waals surface area (Å²) in [5.74, 6) is -1.21. The molecule has 0 aromatic heterocycles. The van der Waals surface area contributed by atoms with Crippen molar-refractivity contribution in [1.29, 1.82) is 0 Å². The Labute approximate surface area is 185 Å². The van der Waals surface area contributed by atoms with Gasteiger partial charge in [-0.1, -0.05) is 0 Å². The first-order valence-electron chi connectivity index (χ1n) is 8.74. The molecule has 2 rings (SSSR count). The van der Waals surface area contributed by atoms with Crippen LogP contribution in [-0.2, 0) is 23.9 Å². The van der Waals surface area contributed by atoms with E-state index in [-0.39, 0.29) is 23.9 Å². The average Bonchev–Trinajstić information content (AvgIpc) is 2.98. The standard InChI is InChI=1S/C19H20BrNO8S/c1-5-28-15(22)9-29-16-12(20)6-11(7-13(16)26-3)8-14-17(23)21(19(25)30-14)10(2)18(24)27-4/h6-8,10H,5,9H2,1-4H3/b14-8+/t10-/m1/s1. The van der Waals surface area contributed by atoms with Gasteiger partial charge in [0.05, 0.1) is 30.2 Å². The van der Waals surface area contributed by atoms with Gasteiger partial charge in [0.1, 0.15) is 6.04 Å². The largest absolute Gasteiger partial charge is 0.493 e. The fraction of sp³-hybridized carbons (Fsp3) is 0.368. The first-order chi connectivity index (χ1) is 14.2. The lowest BCUT2D eigenvalue weighted by molar-refractivity contribution is -0.148. The highest BCUT2D eigenvalue weighted by Crippen LogP contribution is 2.39. The molecule has 1 atom stereocenters. The number of methoxy groups -OCH3 is 2. The summed E-state index contributed by atoms with van der Waals surface area (Å²) >= 11 is 4.07. The van der Waals surface area contributed by atoms with Gasteiger partial charge in [-0.25, -0.2) is 9.59 Å². The van der Waals surface area contributed by atoms with Crippen molar-refractivity contribution in [3.05, 3.63) is 27.1 Å². The summed E-state index contributed by atoms with van der Waals surface area (Å²) < 4.78 is 20.7. The topological polar surface area (TPSA) is 108 Å². The van der Waals surface area contributed by atoms with E-state index in [4.69, 9.17) is 14.2 Å². The number of thioether (sulfide) groups is 1. The van der Waals surface area contributed by atoms with Gasteiger partial charge < -0.3 is 18.9 Å². The van der Waals surface area contributed by atoms with Crippen LogP contribution in [0.2, 0.25) is 0 Å². The molecule has 2 amide bonds. The second-order valence-corrected chi connectivity index (χ2v) is 7.73. The Kier molecular flexibility index (Phi) is 8.30. The number of halogens is 1. The van der Waals surface area contributed by atoms with E-state index in [1.807, 2.05) is 0 Å². The molecule has 1 aromatic rings. The molecule has 162 valence electrons. The number of hydrogen-bond donors (Lipinski definition) is 0. The molecular formula is C19H20BrNO8S. The lowest BCUT2D eigenvalue weighted by Crippen LogP contribution is -2.42. The van der Waals surface area contributed by atoms with E-state index in [2.05, 4.69) is 20.7 Å². The number of imide groups is 1. The third kappa shape index (κ3) is 5.33. The first kappa shape index (κ1) is 23.7. The molecule has 0 saturated carbocycles. The van der Waals surface area contributed by atoms with Gasteiger partial charge in [-0.05, 0) is 65.3 Å². The Balaban J connectivity index is 2.28. The van der Waals surface area contributed by atoms with Gasteiger partial charge in [-0.15, -0.1) is 0 Å². The number of carbonyl (C=O) groups is 4. The molecule has 1 aliphatic heterocycles. The van der Waals surface area contributed by atoms with Gasteiger partial charge in [0, 0.05) is 0 Å². The molecule has 30 heavy (non-hydrogen) atoms. The van der Waals surface area contributed by atoms with E-state index in [9.17, 15) is 19.2 Å². The Morgan fingerprint density at radius 2 is 1.97 bits per heavy atom. The van der Waals surface area contributed by atoms with Crippen molar-refractivity contribution in [1.82, 2.24) is 4.90 Å². The number of nitrogens with zero attached hydrogens (tertiary/aromatic N) is 1. The van der Waals surface area contributed by atoms with E-state index in [1.165, 1.54) is 27.2 Å². The second-order valence-electron chi connectivity index (χ2n) is 5.88. The van der Waals surface area contributed by atoms with Crippen LogP contribution in [0.25, 0.3) is 6.08 Å². The van der Waals surface area contributed by atoms with Crippen molar-refractivity contribution in [2.45, 2.75) is 19.9 Å². The molecule has 1 aromatic carbocycles. The van der Waals surface area contributed by atoms with Crippen molar-refractivity contribution in [3.8, 4) is 11.5 Å². The van der Waals surface area contributed by atoms with Gasteiger partial charge in [0.15, 0.2) is 18.1 Å². The van der Waals surface area contributed by atoms with Crippen molar-refractivity contribution in [2.24, 2.45) is 0 Å². The third-order valence-electron chi connectivity index (χ3n) is 3.94. The van der Waals surface area contributed by atoms with Crippen molar-refractivity contribution in [3.63, 3.8) is 0 Å². The van der Waals surface area contributed by atoms with E-state index >= 15 is 0 Å². The molecular weight excluding hydrogens is 482 g/mol. The molecule has 1 fully saturated rings. The maximum atomic E-state index is 12.6. The van der Waals surface area contributed by atoms with Crippen LogP contribution in [0.1, 0.15) is 19.4 Å². The zero-order valence-corrected chi connectivity index (χ0v) is 19.1. The number of amides is 2. The highest BCUT2D eigenvalue weighted by Gasteiger charge is 2.41. The molecule has 0 radical (unpaired) electrons. The summed E-state index contributed by atoms with van der Waals surface area (Å²) in [6, 6.07) is 2.19. The van der Waals surface area contributed by atoms with Crippen molar-refractivity contribution < 1.29 is 38.1 Å². The molecule has 9 nitrogen and oxygen atoms in total. The Hall–Kier alpha value is -2.53. The minimum absolute atomic E-state index is 0.143. The Morgan fingerprint density at radius 3 is 2.57 bits per heavy atom. The maximum absolute atomic E-state index is 12.6. The number of benzene rings is 1. The number of ether oxygens (including phenoxy) is 4. The van der Waals surface area contributed by atoms with E-state index in [1.54, 1.807) is 19.1 Å². The van der Waals surface area contributed by atoms with Crippen LogP contribution in [0.4, 0.5) is 4.79 Å². The molecule has 1 heterocycles. The fourth-order valence-electron chi connectivity index (χ4n) is 2.54. The monoisotopic (exact) mass is 501 g/mol. The van der Waals surface area contributed by atoms with Crippen LogP contribution in [-0.4, -0.2) is 61.5 Å². The second kappa shape index (κ2) is 10.5. The van der Waals surface area contributed by atoms with Crippen LogP contribution in [0.3, 0.4) is 0 Å². The minimum atomic E-state index is -1.03. The zero-order chi connectivity index (χ0) is 22.4. The lowest BCUT2D eigenvalue weighted by atomic mass is 10.1. The number of carbonyl (C=O) groups excluding carboxylic acids is 4. The van der Waals surface area contributed by atoms with Crippen LogP contribution in [0, 0.1) is 0 Å². The summed E-state index contributed by atoms with van der Waals surface area (Å²) in [5.41, 5.74) is 0.540. The molecule has 0 aliphatic carbocycles. The smallest absolute Gasteiger partial charge is 0.344 e. The minimum Gasteiger partial charge on any atom is -0.493 e. The summed E-state index contributed by atoms with van der Waals surface area (Å²) in [5, 5.41) is -0.565. The molecule has 0 bridgehead atoms. The van der Waals surface area contributed by atoms with Gasteiger partial charge in [0.2, 0.25) is 0 Å². The number of hydrogen-bond acceptors (Lipinski definition) is 9. The molecule has 1 aliphatic rings. The maximum Gasteiger partial charge on any atom is 0.344 e. The van der Waals surface area contributed by atoms with Gasteiger partial charge in [-0.2, -0.15) is 0 Å². The van der Waals surface area contributed by atoms with Crippen molar-refractivity contribution >= 4 is 56.9 Å². The molecule has 0 N–H and O–H groups in total. The zero-order valence-electron chi connectivity index (χ0n) is 16.7. The summed E-state index contributed by atoms with van der Waals surface area (Å²) in [6.07, 6.45) is 1.50. The van der Waals surface area contributed by atoms with Gasteiger partial charge in [0.25, 0.3) is 11.1 Å². The van der Waals surface area contributed by atoms with Gasteiger partial charge >= 0.3 is 11.9 Å². The Bertz CT molecular complexity index is 901. The van der Waals surface area contributed by atoms with E-state index < -0.39 is 29.1 Å². The van der Waals surface area contributed by atoms with E-state index in [0.717, 1.165) is 16.7 Å². The predicted molar refractivity (Wildman–Crippen MR) is 112 cm³/mol. The number of esters is 2. The summed E-state index contributed by atoms with van der Waals surface area (Å²) in [7, 11) is 2.61. The third-order valence-corrected chi connectivity index (χ3v) is 5.42. The SMILES string of the molecule is CCOC(=O)COc1c(Br)cc(/C=C2/SC(=O)N([C@H](C)C(=O)OC)C2=O)cc1OC. The van der Waals surface area contributed by atoms with Crippen molar-refractivity contribution in [2.75, 3.05) is 27.4 Å².